The van der Waals surface area contributed by atoms with Gasteiger partial charge in [0.25, 0.3) is 11.5 Å². The van der Waals surface area contributed by atoms with Gasteiger partial charge in [0.15, 0.2) is 0 Å². The van der Waals surface area contributed by atoms with Gasteiger partial charge in [-0.1, -0.05) is 17.7 Å². The zero-order valence-electron chi connectivity index (χ0n) is 10.7. The van der Waals surface area contributed by atoms with E-state index in [1.54, 1.807) is 12.1 Å². The molecule has 1 aromatic heterocycles. The maximum atomic E-state index is 11.8. The van der Waals surface area contributed by atoms with Gasteiger partial charge in [-0.25, -0.2) is 4.98 Å². The van der Waals surface area contributed by atoms with Crippen molar-refractivity contribution in [3.8, 4) is 0 Å². The molecule has 1 aromatic carbocycles. The number of amides is 1. The number of carbonyl (C=O) groups is 1. The molecular formula is C14H15N3O2. The lowest BCUT2D eigenvalue weighted by molar-refractivity contribution is 0.0952. The van der Waals surface area contributed by atoms with Gasteiger partial charge in [-0.3, -0.25) is 14.2 Å². The molecule has 2 aromatic rings. The molecule has 1 N–H and O–H groups in total. The summed E-state index contributed by atoms with van der Waals surface area (Å²) in [7, 11) is 0. The molecule has 2 rings (SSSR count). The van der Waals surface area contributed by atoms with Gasteiger partial charge in [0.2, 0.25) is 0 Å². The highest BCUT2D eigenvalue weighted by Crippen LogP contribution is 2.02. The zero-order chi connectivity index (χ0) is 13.7. The van der Waals surface area contributed by atoms with E-state index in [4.69, 9.17) is 0 Å². The Labute approximate surface area is 110 Å². The van der Waals surface area contributed by atoms with Crippen LogP contribution in [-0.2, 0) is 6.54 Å². The maximum absolute atomic E-state index is 11.8. The summed E-state index contributed by atoms with van der Waals surface area (Å²) in [4.78, 5) is 27.1. The van der Waals surface area contributed by atoms with E-state index in [0.717, 1.165) is 5.56 Å². The van der Waals surface area contributed by atoms with Crippen molar-refractivity contribution in [2.75, 3.05) is 6.54 Å². The number of benzene rings is 1. The number of aromatic nitrogens is 2. The van der Waals surface area contributed by atoms with Crippen LogP contribution in [0.3, 0.4) is 0 Å². The molecule has 0 atom stereocenters. The topological polar surface area (TPSA) is 64.0 Å². The van der Waals surface area contributed by atoms with Gasteiger partial charge >= 0.3 is 0 Å². The largest absolute Gasteiger partial charge is 0.350 e. The summed E-state index contributed by atoms with van der Waals surface area (Å²) >= 11 is 0. The van der Waals surface area contributed by atoms with Crippen LogP contribution in [0.5, 0.6) is 0 Å². The van der Waals surface area contributed by atoms with Crippen LogP contribution in [0.2, 0.25) is 0 Å². The third-order valence-electron chi connectivity index (χ3n) is 2.74. The quantitative estimate of drug-likeness (QED) is 0.888. The molecule has 1 amide bonds. The first kappa shape index (κ1) is 13.0. The van der Waals surface area contributed by atoms with Crippen LogP contribution < -0.4 is 10.9 Å². The number of nitrogens with one attached hydrogen (secondary N) is 1. The minimum absolute atomic E-state index is 0.125. The normalized spacial score (nSPS) is 10.2. The second-order valence-corrected chi connectivity index (χ2v) is 4.23. The van der Waals surface area contributed by atoms with Crippen molar-refractivity contribution in [3.63, 3.8) is 0 Å². The standard InChI is InChI=1S/C14H15N3O2/c1-11-2-4-12(5-3-11)14(19)16-8-9-17-10-15-7-6-13(17)18/h2-7,10H,8-9H2,1H3,(H,16,19). The Morgan fingerprint density at radius 2 is 2.00 bits per heavy atom. The van der Waals surface area contributed by atoms with Gasteiger partial charge in [-0.2, -0.15) is 0 Å². The van der Waals surface area contributed by atoms with Gasteiger partial charge in [0, 0.05) is 30.9 Å². The predicted molar refractivity (Wildman–Crippen MR) is 72.0 cm³/mol. The number of rotatable bonds is 4. The van der Waals surface area contributed by atoms with Crippen molar-refractivity contribution < 1.29 is 4.79 Å². The molecule has 1 heterocycles. The number of aryl methyl sites for hydroxylation is 1. The van der Waals surface area contributed by atoms with E-state index in [2.05, 4.69) is 10.3 Å². The number of hydrogen-bond acceptors (Lipinski definition) is 3. The van der Waals surface area contributed by atoms with Gasteiger partial charge in [0.1, 0.15) is 0 Å². The van der Waals surface area contributed by atoms with Gasteiger partial charge in [0.05, 0.1) is 6.33 Å². The molecule has 0 saturated carbocycles. The molecule has 0 bridgehead atoms. The second kappa shape index (κ2) is 5.95. The molecule has 0 aliphatic heterocycles. The summed E-state index contributed by atoms with van der Waals surface area (Å²) in [5, 5.41) is 2.77. The highest BCUT2D eigenvalue weighted by molar-refractivity contribution is 5.94. The molecule has 0 spiro atoms. The molecule has 98 valence electrons. The molecule has 0 saturated heterocycles. The molecule has 5 heteroatoms. The minimum Gasteiger partial charge on any atom is -0.350 e. The highest BCUT2D eigenvalue weighted by Gasteiger charge is 2.04. The Balaban J connectivity index is 1.89. The fraction of sp³-hybridized carbons (Fsp3) is 0.214. The third kappa shape index (κ3) is 3.51. The fourth-order valence-corrected chi connectivity index (χ4v) is 1.64. The van der Waals surface area contributed by atoms with Crippen LogP contribution in [-0.4, -0.2) is 22.0 Å². The summed E-state index contributed by atoms with van der Waals surface area (Å²) in [5.41, 5.74) is 1.60. The Morgan fingerprint density at radius 1 is 1.26 bits per heavy atom. The van der Waals surface area contributed by atoms with Crippen LogP contribution in [0.15, 0.2) is 47.7 Å². The average molecular weight is 257 g/mol. The highest BCUT2D eigenvalue weighted by atomic mass is 16.1. The average Bonchev–Trinajstić information content (AvgIpc) is 2.41. The number of carbonyl (C=O) groups excluding carboxylic acids is 1. The van der Waals surface area contributed by atoms with E-state index in [-0.39, 0.29) is 11.5 Å². The van der Waals surface area contributed by atoms with Crippen LogP contribution >= 0.6 is 0 Å². The second-order valence-electron chi connectivity index (χ2n) is 4.23. The zero-order valence-corrected chi connectivity index (χ0v) is 10.7. The molecule has 0 unspecified atom stereocenters. The van der Waals surface area contributed by atoms with Crippen molar-refractivity contribution in [1.82, 2.24) is 14.9 Å². The Hall–Kier alpha value is -2.43. The maximum Gasteiger partial charge on any atom is 0.253 e. The lowest BCUT2D eigenvalue weighted by Gasteiger charge is -2.07. The van der Waals surface area contributed by atoms with E-state index < -0.39 is 0 Å². The fourth-order valence-electron chi connectivity index (χ4n) is 1.64. The molecule has 0 aliphatic carbocycles. The minimum atomic E-state index is -0.142. The van der Waals surface area contributed by atoms with Crippen molar-refractivity contribution in [1.29, 1.82) is 0 Å². The van der Waals surface area contributed by atoms with Gasteiger partial charge in [-0.15, -0.1) is 0 Å². The van der Waals surface area contributed by atoms with E-state index in [9.17, 15) is 9.59 Å². The first-order valence-corrected chi connectivity index (χ1v) is 6.02. The lowest BCUT2D eigenvalue weighted by Crippen LogP contribution is -2.30. The molecule has 5 nitrogen and oxygen atoms in total. The van der Waals surface area contributed by atoms with Crippen molar-refractivity contribution in [2.24, 2.45) is 0 Å². The van der Waals surface area contributed by atoms with E-state index in [1.807, 2.05) is 19.1 Å². The molecule has 0 radical (unpaired) electrons. The smallest absolute Gasteiger partial charge is 0.253 e. The van der Waals surface area contributed by atoms with Crippen molar-refractivity contribution >= 4 is 5.91 Å². The predicted octanol–water partition coefficient (Wildman–Crippen LogP) is 0.982. The summed E-state index contributed by atoms with van der Waals surface area (Å²) < 4.78 is 1.45. The van der Waals surface area contributed by atoms with Gasteiger partial charge < -0.3 is 5.32 Å². The van der Waals surface area contributed by atoms with Crippen LogP contribution in [0.1, 0.15) is 15.9 Å². The van der Waals surface area contributed by atoms with Crippen LogP contribution in [0.25, 0.3) is 0 Å². The summed E-state index contributed by atoms with van der Waals surface area (Å²) in [6, 6.07) is 8.73. The Kier molecular flexibility index (Phi) is 4.07. The van der Waals surface area contributed by atoms with Crippen LogP contribution in [0, 0.1) is 6.92 Å². The summed E-state index contributed by atoms with van der Waals surface area (Å²) in [5.74, 6) is -0.142. The lowest BCUT2D eigenvalue weighted by atomic mass is 10.1. The number of nitrogens with zero attached hydrogens (tertiary/aromatic N) is 2. The van der Waals surface area contributed by atoms with Crippen molar-refractivity contribution in [2.45, 2.75) is 13.5 Å². The first-order valence-electron chi connectivity index (χ1n) is 6.02. The molecule has 0 aliphatic rings. The monoisotopic (exact) mass is 257 g/mol. The Bertz CT molecular complexity index is 617. The SMILES string of the molecule is Cc1ccc(C(=O)NCCn2cnccc2=O)cc1. The van der Waals surface area contributed by atoms with Gasteiger partial charge in [-0.05, 0) is 19.1 Å². The first-order chi connectivity index (χ1) is 9.16. The Morgan fingerprint density at radius 3 is 2.68 bits per heavy atom. The molecular weight excluding hydrogens is 242 g/mol. The van der Waals surface area contributed by atoms with E-state index in [1.165, 1.54) is 23.2 Å². The summed E-state index contributed by atoms with van der Waals surface area (Å²) in [6.07, 6.45) is 2.91. The summed E-state index contributed by atoms with van der Waals surface area (Å²) in [6.45, 7) is 2.76. The van der Waals surface area contributed by atoms with E-state index in [0.29, 0.717) is 18.7 Å². The third-order valence-corrected chi connectivity index (χ3v) is 2.74. The van der Waals surface area contributed by atoms with E-state index >= 15 is 0 Å². The van der Waals surface area contributed by atoms with Crippen molar-refractivity contribution in [3.05, 3.63) is 64.3 Å². The molecule has 19 heavy (non-hydrogen) atoms. The number of hydrogen-bond donors (Lipinski definition) is 1. The molecule has 0 fully saturated rings. The van der Waals surface area contributed by atoms with Crippen LogP contribution in [0.4, 0.5) is 0 Å².